The van der Waals surface area contributed by atoms with E-state index in [9.17, 15) is 4.39 Å². The molecule has 0 aliphatic carbocycles. The van der Waals surface area contributed by atoms with Gasteiger partial charge in [0.1, 0.15) is 11.6 Å². The van der Waals surface area contributed by atoms with Gasteiger partial charge in [0.15, 0.2) is 5.13 Å². The van der Waals surface area contributed by atoms with E-state index in [0.717, 1.165) is 21.1 Å². The predicted octanol–water partition coefficient (Wildman–Crippen LogP) is 4.07. The van der Waals surface area contributed by atoms with E-state index in [1.165, 1.54) is 23.5 Å². The van der Waals surface area contributed by atoms with Gasteiger partial charge < -0.3 is 10.1 Å². The van der Waals surface area contributed by atoms with E-state index < -0.39 is 0 Å². The van der Waals surface area contributed by atoms with Gasteiger partial charge in [-0.05, 0) is 24.3 Å². The standard InChI is InChI=1S/C16H13FN4OS/c1-21-12-4-6-14-15(10(12)8-18-21)20-16(23-14)19-11-7-9(17)3-5-13(11)22-2/h3-8H,1-2H3,(H,19,20). The molecule has 0 amide bonds. The first-order valence-electron chi connectivity index (χ1n) is 6.97. The largest absolute Gasteiger partial charge is 0.495 e. The lowest BCUT2D eigenvalue weighted by Gasteiger charge is -2.08. The fourth-order valence-corrected chi connectivity index (χ4v) is 3.46. The molecular formula is C16H13FN4OS. The molecule has 2 aromatic carbocycles. The second kappa shape index (κ2) is 5.20. The van der Waals surface area contributed by atoms with Crippen LogP contribution in [-0.4, -0.2) is 21.9 Å². The molecule has 1 N–H and O–H groups in total. The maximum absolute atomic E-state index is 13.5. The van der Waals surface area contributed by atoms with Crippen molar-refractivity contribution in [2.75, 3.05) is 12.4 Å². The van der Waals surface area contributed by atoms with Gasteiger partial charge in [0, 0.05) is 18.5 Å². The second-order valence-electron chi connectivity index (χ2n) is 5.10. The Balaban J connectivity index is 1.81. The topological polar surface area (TPSA) is 52.0 Å². The molecule has 0 aliphatic rings. The Morgan fingerprint density at radius 1 is 1.26 bits per heavy atom. The van der Waals surface area contributed by atoms with Crippen LogP contribution in [0.3, 0.4) is 0 Å². The number of hydrogen-bond donors (Lipinski definition) is 1. The summed E-state index contributed by atoms with van der Waals surface area (Å²) in [5.74, 6) is 0.237. The number of rotatable bonds is 3. The number of fused-ring (bicyclic) bond motifs is 3. The highest BCUT2D eigenvalue weighted by Gasteiger charge is 2.12. The van der Waals surface area contributed by atoms with Crippen molar-refractivity contribution in [1.29, 1.82) is 0 Å². The molecule has 0 radical (unpaired) electrons. The van der Waals surface area contributed by atoms with Gasteiger partial charge in [0.2, 0.25) is 0 Å². The summed E-state index contributed by atoms with van der Waals surface area (Å²) < 4.78 is 21.6. The summed E-state index contributed by atoms with van der Waals surface area (Å²) >= 11 is 1.50. The van der Waals surface area contributed by atoms with E-state index in [2.05, 4.69) is 15.4 Å². The van der Waals surface area contributed by atoms with Crippen LogP contribution >= 0.6 is 11.3 Å². The van der Waals surface area contributed by atoms with Crippen LogP contribution in [0.15, 0.2) is 36.5 Å². The highest BCUT2D eigenvalue weighted by Crippen LogP contribution is 2.35. The Labute approximate surface area is 135 Å². The molecule has 2 heterocycles. The molecule has 0 spiro atoms. The van der Waals surface area contributed by atoms with Crippen LogP contribution in [0.2, 0.25) is 0 Å². The Kier molecular flexibility index (Phi) is 3.16. The monoisotopic (exact) mass is 328 g/mol. The van der Waals surface area contributed by atoms with Gasteiger partial charge in [-0.15, -0.1) is 0 Å². The molecular weight excluding hydrogens is 315 g/mol. The molecule has 23 heavy (non-hydrogen) atoms. The third kappa shape index (κ3) is 2.29. The number of nitrogens with one attached hydrogen (secondary N) is 1. The van der Waals surface area contributed by atoms with Crippen LogP contribution in [0, 0.1) is 5.82 Å². The SMILES string of the molecule is COc1ccc(F)cc1Nc1nc2c(ccc3c2cnn3C)s1. The van der Waals surface area contributed by atoms with Crippen LogP contribution < -0.4 is 10.1 Å². The maximum atomic E-state index is 13.5. The lowest BCUT2D eigenvalue weighted by Crippen LogP contribution is -1.94. The quantitative estimate of drug-likeness (QED) is 0.616. The van der Waals surface area contributed by atoms with E-state index in [-0.39, 0.29) is 5.82 Å². The summed E-state index contributed by atoms with van der Waals surface area (Å²) in [5.41, 5.74) is 2.46. The average molecular weight is 328 g/mol. The summed E-state index contributed by atoms with van der Waals surface area (Å²) in [6.45, 7) is 0. The Bertz CT molecular complexity index is 1020. The zero-order chi connectivity index (χ0) is 16.0. The number of ether oxygens (including phenoxy) is 1. The zero-order valence-electron chi connectivity index (χ0n) is 12.5. The molecule has 2 aromatic heterocycles. The van der Waals surface area contributed by atoms with Gasteiger partial charge in [0.25, 0.3) is 0 Å². The molecule has 0 saturated heterocycles. The van der Waals surface area contributed by atoms with Crippen molar-refractivity contribution in [2.24, 2.45) is 7.05 Å². The molecule has 4 aromatic rings. The second-order valence-corrected chi connectivity index (χ2v) is 6.13. The minimum atomic E-state index is -0.330. The summed E-state index contributed by atoms with van der Waals surface area (Å²) in [6, 6.07) is 8.39. The van der Waals surface area contributed by atoms with Crippen LogP contribution in [0.4, 0.5) is 15.2 Å². The highest BCUT2D eigenvalue weighted by atomic mass is 32.1. The summed E-state index contributed by atoms with van der Waals surface area (Å²) in [4.78, 5) is 4.63. The molecule has 0 unspecified atom stereocenters. The van der Waals surface area contributed by atoms with Gasteiger partial charge >= 0.3 is 0 Å². The first-order chi connectivity index (χ1) is 11.2. The molecule has 0 fully saturated rings. The molecule has 5 nitrogen and oxygen atoms in total. The number of methoxy groups -OCH3 is 1. The number of thiazole rings is 1. The van der Waals surface area contributed by atoms with Crippen molar-refractivity contribution in [3.8, 4) is 5.75 Å². The molecule has 0 aliphatic heterocycles. The number of aromatic nitrogens is 3. The van der Waals surface area contributed by atoms with Gasteiger partial charge in [0.05, 0.1) is 34.7 Å². The van der Waals surface area contributed by atoms with Crippen molar-refractivity contribution >= 4 is 43.3 Å². The normalized spacial score (nSPS) is 11.3. The Hall–Kier alpha value is -2.67. The molecule has 0 atom stereocenters. The van der Waals surface area contributed by atoms with Gasteiger partial charge in [-0.3, -0.25) is 4.68 Å². The lowest BCUT2D eigenvalue weighted by atomic mass is 10.2. The van der Waals surface area contributed by atoms with Crippen LogP contribution in [0.25, 0.3) is 21.1 Å². The summed E-state index contributed by atoms with van der Waals surface area (Å²) in [5, 5.41) is 9.09. The number of nitrogens with zero attached hydrogens (tertiary/aromatic N) is 3. The first kappa shape index (κ1) is 14.0. The number of halogens is 1. The number of hydrogen-bond acceptors (Lipinski definition) is 5. The van der Waals surface area contributed by atoms with Crippen LogP contribution in [-0.2, 0) is 7.05 Å². The molecule has 7 heteroatoms. The van der Waals surface area contributed by atoms with Crippen molar-refractivity contribution in [3.05, 3.63) is 42.3 Å². The van der Waals surface area contributed by atoms with Gasteiger partial charge in [-0.25, -0.2) is 9.37 Å². The Morgan fingerprint density at radius 3 is 2.96 bits per heavy atom. The number of aryl methyl sites for hydroxylation is 1. The molecule has 0 bridgehead atoms. The van der Waals surface area contributed by atoms with Crippen molar-refractivity contribution < 1.29 is 9.13 Å². The fourth-order valence-electron chi connectivity index (χ4n) is 2.57. The van der Waals surface area contributed by atoms with E-state index in [0.29, 0.717) is 16.6 Å². The Morgan fingerprint density at radius 2 is 2.13 bits per heavy atom. The van der Waals surface area contributed by atoms with Crippen LogP contribution in [0.5, 0.6) is 5.75 Å². The lowest BCUT2D eigenvalue weighted by molar-refractivity contribution is 0.416. The van der Waals surface area contributed by atoms with Crippen molar-refractivity contribution in [3.63, 3.8) is 0 Å². The van der Waals surface area contributed by atoms with E-state index in [1.807, 2.05) is 30.1 Å². The summed E-state index contributed by atoms with van der Waals surface area (Å²) in [6.07, 6.45) is 1.81. The minimum absolute atomic E-state index is 0.330. The van der Waals surface area contributed by atoms with Crippen molar-refractivity contribution in [2.45, 2.75) is 0 Å². The molecule has 4 rings (SSSR count). The molecule has 116 valence electrons. The highest BCUT2D eigenvalue weighted by molar-refractivity contribution is 7.22. The predicted molar refractivity (Wildman–Crippen MR) is 90.1 cm³/mol. The van der Waals surface area contributed by atoms with Gasteiger partial charge in [-0.2, -0.15) is 5.10 Å². The third-order valence-corrected chi connectivity index (χ3v) is 4.62. The van der Waals surface area contributed by atoms with Crippen LogP contribution in [0.1, 0.15) is 0 Å². The number of benzene rings is 2. The van der Waals surface area contributed by atoms with E-state index >= 15 is 0 Å². The zero-order valence-corrected chi connectivity index (χ0v) is 13.3. The number of anilines is 2. The summed E-state index contributed by atoms with van der Waals surface area (Å²) in [7, 11) is 3.45. The third-order valence-electron chi connectivity index (χ3n) is 3.69. The minimum Gasteiger partial charge on any atom is -0.495 e. The van der Waals surface area contributed by atoms with Gasteiger partial charge in [-0.1, -0.05) is 11.3 Å². The molecule has 0 saturated carbocycles. The fraction of sp³-hybridized carbons (Fsp3) is 0.125. The van der Waals surface area contributed by atoms with E-state index in [4.69, 9.17) is 4.74 Å². The average Bonchev–Trinajstić information content (AvgIpc) is 3.11. The van der Waals surface area contributed by atoms with Crippen molar-refractivity contribution in [1.82, 2.24) is 14.8 Å². The maximum Gasteiger partial charge on any atom is 0.188 e. The smallest absolute Gasteiger partial charge is 0.188 e. The first-order valence-corrected chi connectivity index (χ1v) is 7.79. The van der Waals surface area contributed by atoms with E-state index in [1.54, 1.807) is 13.2 Å².